The summed E-state index contributed by atoms with van der Waals surface area (Å²) in [5.41, 5.74) is 6.20. The van der Waals surface area contributed by atoms with Crippen LogP contribution in [0.15, 0.2) is 59.8 Å². The molecule has 0 saturated carbocycles. The van der Waals surface area contributed by atoms with E-state index in [-0.39, 0.29) is 0 Å². The molecular formula is C25H28Si. The van der Waals surface area contributed by atoms with Crippen molar-refractivity contribution in [2.24, 2.45) is 5.92 Å². The summed E-state index contributed by atoms with van der Waals surface area (Å²) >= 11 is 0. The van der Waals surface area contributed by atoms with E-state index in [1.165, 1.54) is 24.8 Å². The van der Waals surface area contributed by atoms with Crippen LogP contribution in [-0.2, 0) is 0 Å². The number of allylic oxidation sites excluding steroid dienone is 2. The number of benzene rings is 2. The van der Waals surface area contributed by atoms with Gasteiger partial charge in [0.1, 0.15) is 8.07 Å². The van der Waals surface area contributed by atoms with Gasteiger partial charge in [0.25, 0.3) is 0 Å². The monoisotopic (exact) mass is 356 g/mol. The second-order valence-corrected chi connectivity index (χ2v) is 13.2. The standard InChI is InChI=1S/C25H28Si/c1-4-17(15-19-14-13-18-9-5-6-10-20(18)19)16-23-21-11-7-8-12-22(21)24-25(23)26(24,2)3/h5-14,17,19,23H,4,15-16H2,1-3H3. The van der Waals surface area contributed by atoms with E-state index in [0.29, 0.717) is 11.8 Å². The molecule has 0 radical (unpaired) electrons. The van der Waals surface area contributed by atoms with Gasteiger partial charge in [-0.2, -0.15) is 0 Å². The zero-order valence-corrected chi connectivity index (χ0v) is 17.1. The van der Waals surface area contributed by atoms with Crippen LogP contribution in [0.5, 0.6) is 0 Å². The molecule has 0 bridgehead atoms. The van der Waals surface area contributed by atoms with Crippen LogP contribution in [-0.4, -0.2) is 8.07 Å². The van der Waals surface area contributed by atoms with Gasteiger partial charge in [-0.1, -0.05) is 97.5 Å². The molecule has 0 nitrogen and oxygen atoms in total. The summed E-state index contributed by atoms with van der Waals surface area (Å²) in [6, 6.07) is 18.2. The minimum Gasteiger partial charge on any atom is -0.0764 e. The SMILES string of the molecule is CCC(CC1C=Cc2ccccc21)CC1C2=C(c3ccccc31)[Si]2(C)C. The van der Waals surface area contributed by atoms with Gasteiger partial charge in [-0.15, -0.1) is 0 Å². The molecule has 3 unspecified atom stereocenters. The van der Waals surface area contributed by atoms with E-state index in [2.05, 4.69) is 80.7 Å². The van der Waals surface area contributed by atoms with E-state index in [1.807, 2.05) is 5.20 Å². The predicted molar refractivity (Wildman–Crippen MR) is 115 cm³/mol. The van der Waals surface area contributed by atoms with E-state index in [0.717, 1.165) is 5.92 Å². The van der Waals surface area contributed by atoms with Gasteiger partial charge in [0.15, 0.2) is 0 Å². The molecule has 3 aliphatic rings. The second kappa shape index (κ2) is 5.82. The van der Waals surface area contributed by atoms with Crippen molar-refractivity contribution >= 4 is 19.3 Å². The van der Waals surface area contributed by atoms with Crippen molar-refractivity contribution in [2.75, 3.05) is 0 Å². The minimum absolute atomic E-state index is 0.616. The summed E-state index contributed by atoms with van der Waals surface area (Å²) in [5.74, 6) is 2.13. The third-order valence-electron chi connectivity index (χ3n) is 7.10. The lowest BCUT2D eigenvalue weighted by Gasteiger charge is -2.27. The van der Waals surface area contributed by atoms with Crippen LogP contribution in [0, 0.1) is 5.92 Å². The average Bonchev–Trinajstić information content (AvgIpc) is 2.97. The van der Waals surface area contributed by atoms with Gasteiger partial charge in [-0.3, -0.25) is 0 Å². The van der Waals surface area contributed by atoms with Crippen molar-refractivity contribution in [2.45, 2.75) is 51.1 Å². The Kier molecular flexibility index (Phi) is 3.65. The molecule has 5 rings (SSSR count). The Morgan fingerprint density at radius 3 is 2.46 bits per heavy atom. The zero-order valence-electron chi connectivity index (χ0n) is 16.1. The Morgan fingerprint density at radius 1 is 0.923 bits per heavy atom. The molecule has 26 heavy (non-hydrogen) atoms. The smallest absolute Gasteiger partial charge is 0.0764 e. The number of fused-ring (bicyclic) bond motifs is 3. The van der Waals surface area contributed by atoms with Crippen LogP contribution in [0.2, 0.25) is 13.1 Å². The Labute approximate surface area is 158 Å². The molecule has 132 valence electrons. The van der Waals surface area contributed by atoms with Crippen LogP contribution in [0.3, 0.4) is 0 Å². The molecular weight excluding hydrogens is 328 g/mol. The average molecular weight is 357 g/mol. The van der Waals surface area contributed by atoms with E-state index in [1.54, 1.807) is 21.9 Å². The minimum atomic E-state index is -1.18. The molecule has 0 amide bonds. The Bertz CT molecular complexity index is 931. The first-order valence-corrected chi connectivity index (χ1v) is 13.2. The topological polar surface area (TPSA) is 0 Å². The second-order valence-electron chi connectivity index (χ2n) is 8.89. The third-order valence-corrected chi connectivity index (χ3v) is 10.6. The van der Waals surface area contributed by atoms with Crippen molar-refractivity contribution in [1.82, 2.24) is 0 Å². The van der Waals surface area contributed by atoms with Crippen molar-refractivity contribution in [3.63, 3.8) is 0 Å². The third kappa shape index (κ3) is 2.33. The number of hydrogen-bond donors (Lipinski definition) is 0. The van der Waals surface area contributed by atoms with Gasteiger partial charge in [0, 0.05) is 11.8 Å². The fourth-order valence-electron chi connectivity index (χ4n) is 5.67. The molecule has 1 heteroatoms. The van der Waals surface area contributed by atoms with Crippen LogP contribution in [0.25, 0.3) is 11.3 Å². The van der Waals surface area contributed by atoms with Gasteiger partial charge in [0.05, 0.1) is 0 Å². The van der Waals surface area contributed by atoms with Gasteiger partial charge in [-0.05, 0) is 41.0 Å². The van der Waals surface area contributed by atoms with Crippen molar-refractivity contribution in [3.8, 4) is 0 Å². The summed E-state index contributed by atoms with van der Waals surface area (Å²) in [7, 11) is -1.18. The quantitative estimate of drug-likeness (QED) is 0.508. The molecule has 1 aliphatic heterocycles. The normalized spacial score (nSPS) is 25.0. The molecule has 0 saturated heterocycles. The van der Waals surface area contributed by atoms with Crippen LogP contribution in [0.1, 0.15) is 60.3 Å². The lowest BCUT2D eigenvalue weighted by Crippen LogP contribution is -2.20. The largest absolute Gasteiger partial charge is 0.108 e. The number of rotatable bonds is 5. The molecule has 0 fully saturated rings. The van der Waals surface area contributed by atoms with E-state index in [4.69, 9.17) is 0 Å². The highest BCUT2D eigenvalue weighted by atomic mass is 28.3. The maximum atomic E-state index is 2.55. The maximum Gasteiger partial charge on any atom is 0.108 e. The van der Waals surface area contributed by atoms with Crippen molar-refractivity contribution < 1.29 is 0 Å². The van der Waals surface area contributed by atoms with Crippen LogP contribution >= 0.6 is 0 Å². The van der Waals surface area contributed by atoms with Crippen molar-refractivity contribution in [3.05, 3.63) is 82.1 Å². The highest BCUT2D eigenvalue weighted by Crippen LogP contribution is 2.63. The summed E-state index contributed by atoms with van der Waals surface area (Å²) < 4.78 is 0. The van der Waals surface area contributed by atoms with Crippen molar-refractivity contribution in [1.29, 1.82) is 0 Å². The molecule has 2 aromatic rings. The highest BCUT2D eigenvalue weighted by Gasteiger charge is 2.56. The molecule has 2 aliphatic carbocycles. The van der Waals surface area contributed by atoms with E-state index < -0.39 is 8.07 Å². The van der Waals surface area contributed by atoms with Crippen LogP contribution in [0.4, 0.5) is 0 Å². The Balaban J connectivity index is 1.38. The van der Waals surface area contributed by atoms with Gasteiger partial charge in [-0.25, -0.2) is 0 Å². The molecule has 2 aromatic carbocycles. The van der Waals surface area contributed by atoms with E-state index in [9.17, 15) is 0 Å². The van der Waals surface area contributed by atoms with Gasteiger partial charge < -0.3 is 0 Å². The summed E-state index contributed by atoms with van der Waals surface area (Å²) in [6.07, 6.45) is 8.70. The fraction of sp³-hybridized carbons (Fsp3) is 0.360. The first kappa shape index (κ1) is 16.3. The maximum absolute atomic E-state index is 2.55. The molecule has 0 aromatic heterocycles. The predicted octanol–water partition coefficient (Wildman–Crippen LogP) is 6.95. The lowest BCUT2D eigenvalue weighted by molar-refractivity contribution is 0.405. The zero-order chi connectivity index (χ0) is 17.9. The lowest BCUT2D eigenvalue weighted by atomic mass is 9.82. The summed E-state index contributed by atoms with van der Waals surface area (Å²) in [6.45, 7) is 7.50. The Morgan fingerprint density at radius 2 is 1.65 bits per heavy atom. The molecule has 3 atom stereocenters. The molecule has 1 heterocycles. The van der Waals surface area contributed by atoms with Gasteiger partial charge in [0.2, 0.25) is 0 Å². The van der Waals surface area contributed by atoms with E-state index >= 15 is 0 Å². The van der Waals surface area contributed by atoms with Crippen LogP contribution < -0.4 is 0 Å². The summed E-state index contributed by atoms with van der Waals surface area (Å²) in [4.78, 5) is 0. The fourth-order valence-corrected chi connectivity index (χ4v) is 9.77. The molecule has 0 spiro atoms. The highest BCUT2D eigenvalue weighted by molar-refractivity contribution is 7.13. The molecule has 0 N–H and O–H groups in total. The first-order valence-electron chi connectivity index (χ1n) is 10.2. The van der Waals surface area contributed by atoms with Gasteiger partial charge >= 0.3 is 0 Å². The first-order chi connectivity index (χ1) is 12.6. The number of hydrogen-bond acceptors (Lipinski definition) is 0. The summed E-state index contributed by atoms with van der Waals surface area (Å²) in [5, 5.41) is 3.67. The Hall–Kier alpha value is -1.86.